The van der Waals surface area contributed by atoms with Gasteiger partial charge in [-0.15, -0.1) is 11.3 Å². The van der Waals surface area contributed by atoms with E-state index < -0.39 is 0 Å². The third kappa shape index (κ3) is 2.88. The van der Waals surface area contributed by atoms with Gasteiger partial charge in [0.1, 0.15) is 5.69 Å². The lowest BCUT2D eigenvalue weighted by Crippen LogP contribution is -2.02. The van der Waals surface area contributed by atoms with Gasteiger partial charge in [0, 0.05) is 11.3 Å². The number of carbonyl (C=O) groups is 1. The molecule has 0 N–H and O–H groups in total. The lowest BCUT2D eigenvalue weighted by molar-refractivity contribution is 0.111. The molecule has 1 aliphatic rings. The van der Waals surface area contributed by atoms with Crippen LogP contribution in [-0.4, -0.2) is 11.3 Å². The van der Waals surface area contributed by atoms with E-state index in [4.69, 9.17) is 0 Å². The Kier molecular flexibility index (Phi) is 3.89. The molecule has 0 amide bonds. The molecule has 0 radical (unpaired) electrons. The van der Waals surface area contributed by atoms with E-state index in [0.717, 1.165) is 6.29 Å². The van der Waals surface area contributed by atoms with Crippen LogP contribution in [0.4, 0.5) is 0 Å². The fourth-order valence-corrected chi connectivity index (χ4v) is 3.18. The smallest absolute Gasteiger partial charge is 0.169 e. The van der Waals surface area contributed by atoms with Crippen LogP contribution in [0, 0.1) is 0 Å². The third-order valence-corrected chi connectivity index (χ3v) is 4.14. The summed E-state index contributed by atoms with van der Waals surface area (Å²) >= 11 is 1.65. The van der Waals surface area contributed by atoms with Crippen molar-refractivity contribution in [3.63, 3.8) is 0 Å². The Hall–Kier alpha value is -0.700. The zero-order chi connectivity index (χ0) is 10.5. The summed E-state index contributed by atoms with van der Waals surface area (Å²) in [6.07, 6.45) is 10.1. The van der Waals surface area contributed by atoms with E-state index in [-0.39, 0.29) is 0 Å². The summed E-state index contributed by atoms with van der Waals surface area (Å²) in [5, 5.41) is 3.06. The van der Waals surface area contributed by atoms with Crippen molar-refractivity contribution in [2.24, 2.45) is 0 Å². The zero-order valence-electron chi connectivity index (χ0n) is 8.95. The molecule has 2 rings (SSSR count). The van der Waals surface area contributed by atoms with E-state index in [1.54, 1.807) is 11.3 Å². The van der Waals surface area contributed by atoms with Crippen molar-refractivity contribution >= 4 is 17.6 Å². The summed E-state index contributed by atoms with van der Waals surface area (Å²) in [5.74, 6) is 0.615. The van der Waals surface area contributed by atoms with Crippen molar-refractivity contribution in [3.05, 3.63) is 16.1 Å². The van der Waals surface area contributed by atoms with Gasteiger partial charge in [0.25, 0.3) is 0 Å². The van der Waals surface area contributed by atoms with Crippen LogP contribution in [-0.2, 0) is 0 Å². The van der Waals surface area contributed by atoms with Gasteiger partial charge in [-0.25, -0.2) is 4.98 Å². The molecule has 1 aromatic heterocycles. The number of aromatic nitrogens is 1. The van der Waals surface area contributed by atoms with Crippen LogP contribution in [0.25, 0.3) is 0 Å². The third-order valence-electron chi connectivity index (χ3n) is 3.11. The molecule has 1 aromatic rings. The van der Waals surface area contributed by atoms with Crippen LogP contribution in [0.5, 0.6) is 0 Å². The molecule has 0 saturated heterocycles. The van der Waals surface area contributed by atoms with Gasteiger partial charge in [-0.3, -0.25) is 4.79 Å². The van der Waals surface area contributed by atoms with E-state index in [1.165, 1.54) is 50.0 Å². The number of hydrogen-bond donors (Lipinski definition) is 0. The van der Waals surface area contributed by atoms with Crippen molar-refractivity contribution in [1.29, 1.82) is 0 Å². The molecule has 1 saturated carbocycles. The highest BCUT2D eigenvalue weighted by Crippen LogP contribution is 2.32. The molecule has 1 heterocycles. The fraction of sp³-hybridized carbons (Fsp3) is 0.667. The number of rotatable bonds is 2. The normalized spacial score (nSPS) is 19.5. The van der Waals surface area contributed by atoms with Crippen LogP contribution < -0.4 is 0 Å². The topological polar surface area (TPSA) is 30.0 Å². The van der Waals surface area contributed by atoms with Gasteiger partial charge in [0.2, 0.25) is 0 Å². The van der Waals surface area contributed by atoms with Gasteiger partial charge < -0.3 is 0 Å². The highest BCUT2D eigenvalue weighted by atomic mass is 32.1. The molecule has 15 heavy (non-hydrogen) atoms. The van der Waals surface area contributed by atoms with Crippen molar-refractivity contribution in [3.8, 4) is 0 Å². The van der Waals surface area contributed by atoms with Gasteiger partial charge >= 0.3 is 0 Å². The second-order valence-corrected chi connectivity index (χ2v) is 5.16. The van der Waals surface area contributed by atoms with Crippen LogP contribution in [0.3, 0.4) is 0 Å². The Labute approximate surface area is 94.7 Å². The molecule has 0 unspecified atom stereocenters. The Morgan fingerprint density at radius 3 is 2.47 bits per heavy atom. The van der Waals surface area contributed by atoms with Crippen molar-refractivity contribution in [2.45, 2.75) is 50.9 Å². The van der Waals surface area contributed by atoms with Crippen LogP contribution in [0.15, 0.2) is 5.38 Å². The van der Waals surface area contributed by atoms with Gasteiger partial charge in [-0.05, 0) is 12.8 Å². The SMILES string of the molecule is O=Cc1csc(C2CCCCCCC2)n1. The van der Waals surface area contributed by atoms with Crippen LogP contribution in [0.2, 0.25) is 0 Å². The molecule has 82 valence electrons. The van der Waals surface area contributed by atoms with E-state index in [9.17, 15) is 4.79 Å². The standard InChI is InChI=1S/C12H17NOS/c14-8-11-9-15-12(13-11)10-6-4-2-1-3-5-7-10/h8-10H,1-7H2. The van der Waals surface area contributed by atoms with E-state index in [1.807, 2.05) is 5.38 Å². The predicted molar refractivity (Wildman–Crippen MR) is 62.6 cm³/mol. The molecule has 0 spiro atoms. The van der Waals surface area contributed by atoms with Crippen LogP contribution in [0.1, 0.15) is 66.4 Å². The second kappa shape index (κ2) is 5.40. The minimum absolute atomic E-state index is 0.608. The average molecular weight is 223 g/mol. The first-order chi connectivity index (χ1) is 7.40. The first-order valence-electron chi connectivity index (χ1n) is 5.81. The Bertz CT molecular complexity index is 313. The summed E-state index contributed by atoms with van der Waals surface area (Å²) in [7, 11) is 0. The average Bonchev–Trinajstić information content (AvgIpc) is 2.65. The van der Waals surface area contributed by atoms with Gasteiger partial charge in [0.15, 0.2) is 6.29 Å². The maximum Gasteiger partial charge on any atom is 0.169 e. The largest absolute Gasteiger partial charge is 0.296 e. The Balaban J connectivity index is 2.03. The Morgan fingerprint density at radius 2 is 1.87 bits per heavy atom. The monoisotopic (exact) mass is 223 g/mol. The molecule has 0 atom stereocenters. The van der Waals surface area contributed by atoms with Gasteiger partial charge in [-0.2, -0.15) is 0 Å². The highest BCUT2D eigenvalue weighted by Gasteiger charge is 2.16. The second-order valence-electron chi connectivity index (χ2n) is 4.27. The lowest BCUT2D eigenvalue weighted by atomic mass is 9.92. The molecular formula is C12H17NOS. The fourth-order valence-electron chi connectivity index (χ4n) is 2.25. The predicted octanol–water partition coefficient (Wildman–Crippen LogP) is 3.78. The summed E-state index contributed by atoms with van der Waals surface area (Å²) in [6.45, 7) is 0. The van der Waals surface area contributed by atoms with Gasteiger partial charge in [-0.1, -0.05) is 32.1 Å². The molecule has 3 heteroatoms. The Morgan fingerprint density at radius 1 is 1.20 bits per heavy atom. The number of thiazole rings is 1. The number of nitrogens with zero attached hydrogens (tertiary/aromatic N) is 1. The van der Waals surface area contributed by atoms with E-state index in [0.29, 0.717) is 11.6 Å². The quantitative estimate of drug-likeness (QED) is 0.714. The first-order valence-corrected chi connectivity index (χ1v) is 6.68. The molecular weight excluding hydrogens is 206 g/mol. The van der Waals surface area contributed by atoms with E-state index in [2.05, 4.69) is 4.98 Å². The maximum absolute atomic E-state index is 10.6. The zero-order valence-corrected chi connectivity index (χ0v) is 9.76. The number of carbonyl (C=O) groups excluding carboxylic acids is 1. The molecule has 1 fully saturated rings. The molecule has 2 nitrogen and oxygen atoms in total. The molecule has 1 aliphatic carbocycles. The van der Waals surface area contributed by atoms with E-state index >= 15 is 0 Å². The van der Waals surface area contributed by atoms with Crippen LogP contribution >= 0.6 is 11.3 Å². The molecule has 0 aliphatic heterocycles. The first kappa shape index (κ1) is 10.8. The summed E-state index contributed by atoms with van der Waals surface area (Å²) in [4.78, 5) is 14.9. The minimum atomic E-state index is 0.608. The van der Waals surface area contributed by atoms with Crippen molar-refractivity contribution in [1.82, 2.24) is 4.98 Å². The van der Waals surface area contributed by atoms with Crippen molar-refractivity contribution < 1.29 is 4.79 Å². The maximum atomic E-state index is 10.6. The molecule has 0 aromatic carbocycles. The molecule has 0 bridgehead atoms. The number of aldehydes is 1. The number of hydrogen-bond acceptors (Lipinski definition) is 3. The lowest BCUT2D eigenvalue weighted by Gasteiger charge is -2.16. The highest BCUT2D eigenvalue weighted by molar-refractivity contribution is 7.09. The summed E-state index contributed by atoms with van der Waals surface area (Å²) in [5.41, 5.74) is 0.608. The minimum Gasteiger partial charge on any atom is -0.296 e. The van der Waals surface area contributed by atoms with Crippen molar-refractivity contribution in [2.75, 3.05) is 0 Å². The summed E-state index contributed by atoms with van der Waals surface area (Å²) < 4.78 is 0. The van der Waals surface area contributed by atoms with Gasteiger partial charge in [0.05, 0.1) is 5.01 Å². The summed E-state index contributed by atoms with van der Waals surface area (Å²) in [6, 6.07) is 0.